The Morgan fingerprint density at radius 2 is 2.12 bits per heavy atom. The summed E-state index contributed by atoms with van der Waals surface area (Å²) in [7, 11) is 0. The van der Waals surface area contributed by atoms with E-state index in [1.54, 1.807) is 0 Å². The van der Waals surface area contributed by atoms with Gasteiger partial charge < -0.3 is 14.2 Å². The lowest BCUT2D eigenvalue weighted by atomic mass is 10.0. The highest BCUT2D eigenvalue weighted by atomic mass is 16.7. The van der Waals surface area contributed by atoms with Crippen molar-refractivity contribution in [1.29, 1.82) is 0 Å². The van der Waals surface area contributed by atoms with E-state index < -0.39 is 0 Å². The monoisotopic (exact) mass is 345 g/mol. The van der Waals surface area contributed by atoms with Gasteiger partial charge in [-0.3, -0.25) is 10.3 Å². The molecule has 0 radical (unpaired) electrons. The quantitative estimate of drug-likeness (QED) is 0.849. The minimum atomic E-state index is -0.321. The van der Waals surface area contributed by atoms with E-state index in [1.165, 1.54) is 12.8 Å². The molecule has 0 bridgehead atoms. The summed E-state index contributed by atoms with van der Waals surface area (Å²) in [5.41, 5.74) is 4.77. The minimum absolute atomic E-state index is 0.320. The van der Waals surface area contributed by atoms with Crippen LogP contribution in [0.4, 0.5) is 0 Å². The predicted molar refractivity (Wildman–Crippen MR) is 95.5 cm³/mol. The zero-order valence-corrected chi connectivity index (χ0v) is 14.9. The number of rotatable bonds is 6. The maximum atomic E-state index is 6.20. The van der Waals surface area contributed by atoms with Crippen LogP contribution in [0, 0.1) is 0 Å². The number of hydrogen-bond acceptors (Lipinski definition) is 5. The molecular weight excluding hydrogens is 318 g/mol. The lowest BCUT2D eigenvalue weighted by molar-refractivity contribution is -0.0373. The smallest absolute Gasteiger partial charge is 0.161 e. The topological polar surface area (TPSA) is 49.0 Å². The Balaban J connectivity index is 1.56. The molecular formula is C20H27NO4. The number of ether oxygens (including phenoxy) is 3. The van der Waals surface area contributed by atoms with E-state index in [9.17, 15) is 0 Å². The van der Waals surface area contributed by atoms with Gasteiger partial charge in [-0.1, -0.05) is 6.92 Å². The van der Waals surface area contributed by atoms with Crippen molar-refractivity contribution in [2.24, 2.45) is 0 Å². The Bertz CT molecular complexity index is 631. The number of benzene rings is 1. The van der Waals surface area contributed by atoms with Crippen molar-refractivity contribution >= 4 is 5.70 Å². The fraction of sp³-hybridized carbons (Fsp3) is 0.600. The molecule has 3 aliphatic rings. The molecule has 5 nitrogen and oxygen atoms in total. The van der Waals surface area contributed by atoms with Crippen molar-refractivity contribution in [2.45, 2.75) is 57.2 Å². The first-order valence-corrected chi connectivity index (χ1v) is 9.46. The van der Waals surface area contributed by atoms with Crippen molar-refractivity contribution in [1.82, 2.24) is 5.48 Å². The van der Waals surface area contributed by atoms with Gasteiger partial charge in [-0.25, -0.2) is 0 Å². The molecule has 1 aromatic carbocycles. The number of hydroxylamine groups is 1. The Labute approximate surface area is 149 Å². The summed E-state index contributed by atoms with van der Waals surface area (Å²) >= 11 is 0. The van der Waals surface area contributed by atoms with Crippen molar-refractivity contribution in [3.63, 3.8) is 0 Å². The van der Waals surface area contributed by atoms with Crippen molar-refractivity contribution in [3.8, 4) is 11.5 Å². The lowest BCUT2D eigenvalue weighted by Crippen LogP contribution is -2.29. The maximum absolute atomic E-state index is 6.20. The van der Waals surface area contributed by atoms with Crippen LogP contribution in [0.1, 0.15) is 51.0 Å². The van der Waals surface area contributed by atoms with E-state index in [0.717, 1.165) is 55.0 Å². The van der Waals surface area contributed by atoms with Crippen molar-refractivity contribution < 1.29 is 19.0 Å². The molecule has 1 spiro atoms. The fourth-order valence-electron chi connectivity index (χ4n) is 3.66. The van der Waals surface area contributed by atoms with Gasteiger partial charge in [0.05, 0.1) is 25.0 Å². The van der Waals surface area contributed by atoms with Gasteiger partial charge in [0.2, 0.25) is 0 Å². The first-order valence-electron chi connectivity index (χ1n) is 9.46. The van der Waals surface area contributed by atoms with Gasteiger partial charge in [0.15, 0.2) is 11.5 Å². The first kappa shape index (κ1) is 16.7. The largest absolute Gasteiger partial charge is 0.490 e. The molecule has 5 heteroatoms. The summed E-state index contributed by atoms with van der Waals surface area (Å²) < 4.78 is 17.6. The lowest BCUT2D eigenvalue weighted by Gasteiger charge is -2.18. The Kier molecular flexibility index (Phi) is 4.86. The van der Waals surface area contributed by atoms with Crippen LogP contribution in [-0.2, 0) is 9.57 Å². The summed E-state index contributed by atoms with van der Waals surface area (Å²) in [6.45, 7) is 4.14. The molecule has 1 unspecified atom stereocenters. The van der Waals surface area contributed by atoms with E-state index in [-0.39, 0.29) is 5.60 Å². The minimum Gasteiger partial charge on any atom is -0.490 e. The summed E-state index contributed by atoms with van der Waals surface area (Å²) in [6.07, 6.45) is 9.09. The fourth-order valence-corrected chi connectivity index (χ4v) is 3.66. The Morgan fingerprint density at radius 1 is 1.24 bits per heavy atom. The summed E-state index contributed by atoms with van der Waals surface area (Å²) in [5.74, 6) is 1.67. The van der Waals surface area contributed by atoms with E-state index in [4.69, 9.17) is 19.0 Å². The second-order valence-corrected chi connectivity index (χ2v) is 7.16. The van der Waals surface area contributed by atoms with Crippen LogP contribution in [0.5, 0.6) is 11.5 Å². The van der Waals surface area contributed by atoms with Gasteiger partial charge in [0.1, 0.15) is 5.60 Å². The SMILES string of the molecule is CCCOc1cc(C2=CC3(CCOC3)ON2)ccc1OC1CCCC1. The van der Waals surface area contributed by atoms with Gasteiger partial charge in [-0.05, 0) is 56.4 Å². The third kappa shape index (κ3) is 3.62. The van der Waals surface area contributed by atoms with Gasteiger partial charge in [0, 0.05) is 18.6 Å². The molecule has 2 heterocycles. The van der Waals surface area contributed by atoms with E-state index in [1.807, 2.05) is 6.07 Å². The van der Waals surface area contributed by atoms with E-state index in [2.05, 4.69) is 30.6 Å². The highest BCUT2D eigenvalue weighted by molar-refractivity contribution is 5.68. The molecule has 1 atom stereocenters. The molecule has 0 amide bonds. The molecule has 0 aromatic heterocycles. The van der Waals surface area contributed by atoms with Crippen LogP contribution < -0.4 is 15.0 Å². The van der Waals surface area contributed by atoms with Gasteiger partial charge in [0.25, 0.3) is 0 Å². The normalized spacial score (nSPS) is 26.0. The molecule has 2 fully saturated rings. The highest BCUT2D eigenvalue weighted by Crippen LogP contribution is 2.37. The van der Waals surface area contributed by atoms with Crippen LogP contribution in [0.15, 0.2) is 24.3 Å². The van der Waals surface area contributed by atoms with Gasteiger partial charge >= 0.3 is 0 Å². The van der Waals surface area contributed by atoms with E-state index >= 15 is 0 Å². The molecule has 1 saturated heterocycles. The van der Waals surface area contributed by atoms with Crippen LogP contribution >= 0.6 is 0 Å². The summed E-state index contributed by atoms with van der Waals surface area (Å²) in [4.78, 5) is 5.79. The second kappa shape index (κ2) is 7.26. The van der Waals surface area contributed by atoms with E-state index in [0.29, 0.717) is 19.3 Å². The van der Waals surface area contributed by atoms with Crippen molar-refractivity contribution in [2.75, 3.05) is 19.8 Å². The summed E-state index contributed by atoms with van der Waals surface area (Å²) in [5, 5.41) is 0. The Morgan fingerprint density at radius 3 is 2.88 bits per heavy atom. The zero-order valence-electron chi connectivity index (χ0n) is 14.9. The molecule has 1 N–H and O–H groups in total. The predicted octanol–water partition coefficient (Wildman–Crippen LogP) is 3.83. The van der Waals surface area contributed by atoms with Gasteiger partial charge in [-0.15, -0.1) is 0 Å². The highest BCUT2D eigenvalue weighted by Gasteiger charge is 2.39. The second-order valence-electron chi connectivity index (χ2n) is 7.16. The molecule has 1 aliphatic carbocycles. The first-order chi connectivity index (χ1) is 12.3. The van der Waals surface area contributed by atoms with Crippen LogP contribution in [0.3, 0.4) is 0 Å². The third-order valence-corrected chi connectivity index (χ3v) is 5.10. The Hall–Kier alpha value is -1.72. The van der Waals surface area contributed by atoms with Crippen molar-refractivity contribution in [3.05, 3.63) is 29.8 Å². The molecule has 1 saturated carbocycles. The number of hydrogen-bond donors (Lipinski definition) is 1. The average Bonchev–Trinajstić information content (AvgIpc) is 3.38. The number of nitrogens with one attached hydrogen (secondary N) is 1. The van der Waals surface area contributed by atoms with Gasteiger partial charge in [-0.2, -0.15) is 0 Å². The third-order valence-electron chi connectivity index (χ3n) is 5.10. The maximum Gasteiger partial charge on any atom is 0.161 e. The average molecular weight is 345 g/mol. The molecule has 4 rings (SSSR count). The standard InChI is InChI=1S/C20H27NO4/c1-2-10-23-19-12-15(7-8-18(19)24-16-5-3-4-6-16)17-13-20(25-21-17)9-11-22-14-20/h7-8,12-13,16,21H,2-6,9-11,14H2,1H3. The summed E-state index contributed by atoms with van der Waals surface area (Å²) in [6, 6.07) is 6.15. The molecule has 1 aromatic rings. The molecule has 25 heavy (non-hydrogen) atoms. The van der Waals surface area contributed by atoms with Crippen LogP contribution in [0.25, 0.3) is 5.70 Å². The molecule has 136 valence electrons. The van der Waals surface area contributed by atoms with Crippen LogP contribution in [0.2, 0.25) is 0 Å². The molecule has 2 aliphatic heterocycles. The van der Waals surface area contributed by atoms with Crippen LogP contribution in [-0.4, -0.2) is 31.5 Å². The zero-order chi connectivity index (χ0) is 17.1.